The molecule has 2 atom stereocenters. The Balaban J connectivity index is 1.36. The molecule has 0 aromatic heterocycles. The summed E-state index contributed by atoms with van der Waals surface area (Å²) in [5.41, 5.74) is 1.30. The largest absolute Gasteiger partial charge is 0.494 e. The van der Waals surface area contributed by atoms with Crippen molar-refractivity contribution < 1.29 is 13.9 Å². The van der Waals surface area contributed by atoms with E-state index in [0.717, 1.165) is 44.8 Å². The molecule has 0 amide bonds. The second kappa shape index (κ2) is 10.4. The third-order valence-electron chi connectivity index (χ3n) is 5.06. The van der Waals surface area contributed by atoms with Gasteiger partial charge in [-0.25, -0.2) is 4.39 Å². The monoisotopic (exact) mass is 372 g/mol. The van der Waals surface area contributed by atoms with Crippen LogP contribution in [0.5, 0.6) is 5.75 Å². The number of benzene rings is 2. The van der Waals surface area contributed by atoms with E-state index in [0.29, 0.717) is 12.6 Å². The minimum absolute atomic E-state index is 0.195. The predicted molar refractivity (Wildman–Crippen MR) is 105 cm³/mol. The van der Waals surface area contributed by atoms with Crippen molar-refractivity contribution in [1.82, 2.24) is 10.2 Å². The summed E-state index contributed by atoms with van der Waals surface area (Å²) in [7, 11) is 1.79. The molecule has 1 N–H and O–H groups in total. The number of nitrogens with one attached hydrogen (secondary N) is 1. The molecule has 1 saturated heterocycles. The van der Waals surface area contributed by atoms with Crippen molar-refractivity contribution in [3.63, 3.8) is 0 Å². The van der Waals surface area contributed by atoms with Crippen LogP contribution in [0.2, 0.25) is 0 Å². The Labute approximate surface area is 161 Å². The first-order chi connectivity index (χ1) is 13.2. The number of hydrogen-bond acceptors (Lipinski definition) is 4. The van der Waals surface area contributed by atoms with Crippen LogP contribution in [0.1, 0.15) is 18.4 Å². The standard InChI is InChI=1S/C22H29FN2O2/c1-26-22-17-25(13-5-15-27-20-10-8-19(23)9-11-20)14-12-21(22)24-16-18-6-3-2-4-7-18/h2-4,6-11,21-22,24H,5,12-17H2,1H3. The van der Waals surface area contributed by atoms with Gasteiger partial charge in [-0.1, -0.05) is 30.3 Å². The molecule has 3 rings (SSSR count). The van der Waals surface area contributed by atoms with Crippen LogP contribution in [0.3, 0.4) is 0 Å². The summed E-state index contributed by atoms with van der Waals surface area (Å²) < 4.78 is 24.3. The Morgan fingerprint density at radius 1 is 1.11 bits per heavy atom. The summed E-state index contributed by atoms with van der Waals surface area (Å²) in [6.07, 6.45) is 2.21. The van der Waals surface area contributed by atoms with Crippen molar-refractivity contribution in [3.8, 4) is 5.75 Å². The molecular weight excluding hydrogens is 343 g/mol. The fourth-order valence-corrected chi connectivity index (χ4v) is 3.51. The van der Waals surface area contributed by atoms with Gasteiger partial charge in [0.05, 0.1) is 12.7 Å². The molecule has 0 saturated carbocycles. The normalized spacial score (nSPS) is 20.5. The molecule has 4 nitrogen and oxygen atoms in total. The Morgan fingerprint density at radius 3 is 2.63 bits per heavy atom. The molecule has 0 radical (unpaired) electrons. The smallest absolute Gasteiger partial charge is 0.123 e. The molecule has 0 bridgehead atoms. The summed E-state index contributed by atoms with van der Waals surface area (Å²) in [5, 5.41) is 3.65. The minimum Gasteiger partial charge on any atom is -0.494 e. The first-order valence-electron chi connectivity index (χ1n) is 9.65. The maximum atomic E-state index is 12.9. The van der Waals surface area contributed by atoms with Crippen LogP contribution in [0.25, 0.3) is 0 Å². The molecule has 1 aliphatic rings. The molecule has 27 heavy (non-hydrogen) atoms. The molecule has 5 heteroatoms. The van der Waals surface area contributed by atoms with Crippen LogP contribution < -0.4 is 10.1 Å². The number of hydrogen-bond donors (Lipinski definition) is 1. The zero-order valence-electron chi connectivity index (χ0n) is 15.9. The number of piperidine rings is 1. The minimum atomic E-state index is -0.239. The number of rotatable bonds is 9. The van der Waals surface area contributed by atoms with Crippen LogP contribution in [-0.2, 0) is 11.3 Å². The van der Waals surface area contributed by atoms with Crippen molar-refractivity contribution >= 4 is 0 Å². The Bertz CT molecular complexity index is 666. The molecule has 0 aliphatic carbocycles. The number of halogens is 1. The van der Waals surface area contributed by atoms with E-state index in [-0.39, 0.29) is 11.9 Å². The van der Waals surface area contributed by atoms with E-state index in [1.807, 2.05) is 6.07 Å². The summed E-state index contributed by atoms with van der Waals surface area (Å²) in [6.45, 7) is 4.47. The van der Waals surface area contributed by atoms with Crippen LogP contribution in [-0.4, -0.2) is 50.4 Å². The van der Waals surface area contributed by atoms with Crippen LogP contribution in [0, 0.1) is 5.82 Å². The lowest BCUT2D eigenvalue weighted by molar-refractivity contribution is 0.00422. The van der Waals surface area contributed by atoms with Gasteiger partial charge in [-0.3, -0.25) is 0 Å². The van der Waals surface area contributed by atoms with E-state index in [4.69, 9.17) is 9.47 Å². The Morgan fingerprint density at radius 2 is 1.89 bits per heavy atom. The second-order valence-corrected chi connectivity index (χ2v) is 6.99. The van der Waals surface area contributed by atoms with Gasteiger partial charge in [-0.15, -0.1) is 0 Å². The van der Waals surface area contributed by atoms with Crippen molar-refractivity contribution in [2.24, 2.45) is 0 Å². The first kappa shape index (κ1) is 19.8. The molecule has 1 heterocycles. The second-order valence-electron chi connectivity index (χ2n) is 6.99. The molecule has 1 fully saturated rings. The SMILES string of the molecule is COC1CN(CCCOc2ccc(F)cc2)CCC1NCc1ccccc1. The Hall–Kier alpha value is -1.95. The predicted octanol–water partition coefficient (Wildman–Crippen LogP) is 3.47. The average molecular weight is 372 g/mol. The van der Waals surface area contributed by atoms with Gasteiger partial charge in [0, 0.05) is 32.8 Å². The van der Waals surface area contributed by atoms with Crippen molar-refractivity contribution in [2.45, 2.75) is 31.5 Å². The maximum Gasteiger partial charge on any atom is 0.123 e. The molecule has 1 aliphatic heterocycles. The van der Waals surface area contributed by atoms with Gasteiger partial charge in [0.1, 0.15) is 11.6 Å². The highest BCUT2D eigenvalue weighted by Crippen LogP contribution is 2.16. The van der Waals surface area contributed by atoms with Crippen LogP contribution in [0.4, 0.5) is 4.39 Å². The van der Waals surface area contributed by atoms with Crippen molar-refractivity contribution in [2.75, 3.05) is 33.4 Å². The van der Waals surface area contributed by atoms with Crippen LogP contribution in [0.15, 0.2) is 54.6 Å². The van der Waals surface area contributed by atoms with Gasteiger partial charge in [0.25, 0.3) is 0 Å². The summed E-state index contributed by atoms with van der Waals surface area (Å²) >= 11 is 0. The molecule has 2 aromatic rings. The van der Waals surface area contributed by atoms with E-state index >= 15 is 0 Å². The molecule has 146 valence electrons. The first-order valence-corrected chi connectivity index (χ1v) is 9.65. The van der Waals surface area contributed by atoms with Crippen molar-refractivity contribution in [1.29, 1.82) is 0 Å². The van der Waals surface area contributed by atoms with Gasteiger partial charge < -0.3 is 19.7 Å². The lowest BCUT2D eigenvalue weighted by Gasteiger charge is -2.38. The van der Waals surface area contributed by atoms with E-state index in [1.165, 1.54) is 17.7 Å². The summed E-state index contributed by atoms with van der Waals surface area (Å²) in [6, 6.07) is 17.0. The average Bonchev–Trinajstić information content (AvgIpc) is 2.72. The van der Waals surface area contributed by atoms with Gasteiger partial charge in [-0.05, 0) is 49.2 Å². The topological polar surface area (TPSA) is 33.7 Å². The lowest BCUT2D eigenvalue weighted by Crippen LogP contribution is -2.53. The van der Waals surface area contributed by atoms with E-state index in [2.05, 4.69) is 34.5 Å². The zero-order chi connectivity index (χ0) is 18.9. The summed E-state index contributed by atoms with van der Waals surface area (Å²) in [4.78, 5) is 2.43. The fourth-order valence-electron chi connectivity index (χ4n) is 3.51. The summed E-state index contributed by atoms with van der Waals surface area (Å²) in [5.74, 6) is 0.478. The highest BCUT2D eigenvalue weighted by Gasteiger charge is 2.28. The molecule has 2 unspecified atom stereocenters. The van der Waals surface area contributed by atoms with E-state index < -0.39 is 0 Å². The Kier molecular flexibility index (Phi) is 7.63. The molecular formula is C22H29FN2O2. The van der Waals surface area contributed by atoms with Crippen LogP contribution >= 0.6 is 0 Å². The highest BCUT2D eigenvalue weighted by atomic mass is 19.1. The highest BCUT2D eigenvalue weighted by molar-refractivity contribution is 5.22. The van der Waals surface area contributed by atoms with Gasteiger partial charge >= 0.3 is 0 Å². The third-order valence-corrected chi connectivity index (χ3v) is 5.06. The van der Waals surface area contributed by atoms with E-state index in [9.17, 15) is 4.39 Å². The molecule has 2 aromatic carbocycles. The lowest BCUT2D eigenvalue weighted by atomic mass is 10.0. The number of methoxy groups -OCH3 is 1. The quantitative estimate of drug-likeness (QED) is 0.684. The number of likely N-dealkylation sites (tertiary alicyclic amines) is 1. The molecule has 0 spiro atoms. The number of nitrogens with zero attached hydrogens (tertiary/aromatic N) is 1. The van der Waals surface area contributed by atoms with Gasteiger partial charge in [0.15, 0.2) is 0 Å². The third kappa shape index (κ3) is 6.31. The zero-order valence-corrected chi connectivity index (χ0v) is 15.9. The van der Waals surface area contributed by atoms with Crippen molar-refractivity contribution in [3.05, 3.63) is 66.0 Å². The number of ether oxygens (including phenoxy) is 2. The van der Waals surface area contributed by atoms with Gasteiger partial charge in [0.2, 0.25) is 0 Å². The van der Waals surface area contributed by atoms with Gasteiger partial charge in [-0.2, -0.15) is 0 Å². The maximum absolute atomic E-state index is 12.9. The fraction of sp³-hybridized carbons (Fsp3) is 0.455. The van der Waals surface area contributed by atoms with E-state index in [1.54, 1.807) is 19.2 Å².